The van der Waals surface area contributed by atoms with E-state index in [-0.39, 0.29) is 5.91 Å². The number of carboxylic acids is 1. The molecule has 0 aliphatic carbocycles. The maximum Gasteiger partial charge on any atom is 0.339 e. The van der Waals surface area contributed by atoms with E-state index in [1.54, 1.807) is 13.0 Å². The number of anilines is 2. The largest absolute Gasteiger partial charge is 0.478 e. The van der Waals surface area contributed by atoms with E-state index < -0.39 is 29.7 Å². The summed E-state index contributed by atoms with van der Waals surface area (Å²) in [5, 5.41) is 13.9. The van der Waals surface area contributed by atoms with Gasteiger partial charge in [0.25, 0.3) is 6.43 Å². The molecular formula is C27H29ClF2N6O3. The number of benzene rings is 1. The molecule has 1 N–H and O–H groups in total. The van der Waals surface area contributed by atoms with Crippen LogP contribution in [0.5, 0.6) is 0 Å². The van der Waals surface area contributed by atoms with E-state index in [1.807, 2.05) is 35.4 Å². The number of halogens is 3. The molecule has 9 nitrogen and oxygen atoms in total. The predicted molar refractivity (Wildman–Crippen MR) is 144 cm³/mol. The third kappa shape index (κ3) is 5.54. The molecule has 2 aromatic heterocycles. The Morgan fingerprint density at radius 2 is 1.82 bits per heavy atom. The topological polar surface area (TPSA) is 94.8 Å². The predicted octanol–water partition coefficient (Wildman–Crippen LogP) is 4.74. The molecule has 0 radical (unpaired) electrons. The van der Waals surface area contributed by atoms with E-state index >= 15 is 0 Å². The number of carbonyl (C=O) groups is 2. The van der Waals surface area contributed by atoms with Crippen LogP contribution in [0.1, 0.15) is 48.3 Å². The minimum atomic E-state index is -2.95. The van der Waals surface area contributed by atoms with Gasteiger partial charge in [-0.3, -0.25) is 9.48 Å². The lowest BCUT2D eigenvalue weighted by molar-refractivity contribution is -0.129. The van der Waals surface area contributed by atoms with E-state index in [4.69, 9.17) is 11.6 Å². The summed E-state index contributed by atoms with van der Waals surface area (Å²) < 4.78 is 28.8. The summed E-state index contributed by atoms with van der Waals surface area (Å²) >= 11 is 6.38. The van der Waals surface area contributed by atoms with Gasteiger partial charge in [-0.15, -0.1) is 0 Å². The summed E-state index contributed by atoms with van der Waals surface area (Å²) in [5.74, 6) is -0.505. The number of alkyl halides is 2. The van der Waals surface area contributed by atoms with Crippen LogP contribution in [0.3, 0.4) is 0 Å². The lowest BCUT2D eigenvalue weighted by atomic mass is 10.00. The Hall–Kier alpha value is -3.73. The smallest absolute Gasteiger partial charge is 0.339 e. The van der Waals surface area contributed by atoms with E-state index in [1.165, 1.54) is 4.68 Å². The second-order valence-electron chi connectivity index (χ2n) is 9.80. The molecule has 4 heterocycles. The van der Waals surface area contributed by atoms with Gasteiger partial charge < -0.3 is 19.8 Å². The first-order chi connectivity index (χ1) is 18.7. The van der Waals surface area contributed by atoms with Crippen molar-refractivity contribution in [3.63, 3.8) is 0 Å². The zero-order valence-electron chi connectivity index (χ0n) is 21.4. The highest BCUT2D eigenvalue weighted by atomic mass is 35.5. The average molecular weight is 559 g/mol. The minimum absolute atomic E-state index is 0.0773. The Labute approximate surface area is 229 Å². The molecule has 1 unspecified atom stereocenters. The first-order valence-electron chi connectivity index (χ1n) is 12.8. The van der Waals surface area contributed by atoms with Crippen molar-refractivity contribution in [3.8, 4) is 11.1 Å². The third-order valence-corrected chi connectivity index (χ3v) is 7.66. The molecule has 2 saturated heterocycles. The number of hydrogen-bond donors (Lipinski definition) is 1. The van der Waals surface area contributed by atoms with Gasteiger partial charge in [0.1, 0.15) is 17.1 Å². The molecule has 0 spiro atoms. The molecule has 12 heteroatoms. The van der Waals surface area contributed by atoms with E-state index in [0.29, 0.717) is 57.1 Å². The molecule has 39 heavy (non-hydrogen) atoms. The molecule has 2 aliphatic rings. The zero-order chi connectivity index (χ0) is 27.7. The van der Waals surface area contributed by atoms with Crippen molar-refractivity contribution in [1.29, 1.82) is 0 Å². The number of piperidine rings is 1. The maximum absolute atomic E-state index is 13.8. The molecule has 2 fully saturated rings. The van der Waals surface area contributed by atoms with Crippen molar-refractivity contribution in [3.05, 3.63) is 59.0 Å². The van der Waals surface area contributed by atoms with Crippen LogP contribution in [0.15, 0.2) is 42.7 Å². The number of aromatic nitrogens is 3. The number of nitrogens with zero attached hydrogens (tertiary/aromatic N) is 6. The van der Waals surface area contributed by atoms with Gasteiger partial charge in [-0.05, 0) is 37.1 Å². The fourth-order valence-electron chi connectivity index (χ4n) is 5.41. The van der Waals surface area contributed by atoms with Crippen LogP contribution in [0, 0.1) is 0 Å². The number of amides is 1. The molecule has 2 aliphatic heterocycles. The van der Waals surface area contributed by atoms with Crippen molar-refractivity contribution < 1.29 is 23.5 Å². The van der Waals surface area contributed by atoms with Gasteiger partial charge in [0.15, 0.2) is 0 Å². The van der Waals surface area contributed by atoms with Gasteiger partial charge in [-0.1, -0.05) is 17.7 Å². The Morgan fingerprint density at radius 1 is 1.05 bits per heavy atom. The number of aromatic carboxylic acids is 1. The van der Waals surface area contributed by atoms with Crippen LogP contribution < -0.4 is 9.80 Å². The summed E-state index contributed by atoms with van der Waals surface area (Å²) in [6.07, 6.45) is 1.17. The summed E-state index contributed by atoms with van der Waals surface area (Å²) in [5.41, 5.74) is 1.60. The number of rotatable bonds is 6. The summed E-state index contributed by atoms with van der Waals surface area (Å²) in [6, 6.07) is 9.12. The normalized spacial score (nSPS) is 18.1. The molecule has 1 atom stereocenters. The fraction of sp³-hybridized carbons (Fsp3) is 0.407. The highest BCUT2D eigenvalue weighted by Gasteiger charge is 2.31. The zero-order valence-corrected chi connectivity index (χ0v) is 22.2. The molecule has 0 bridgehead atoms. The van der Waals surface area contributed by atoms with Gasteiger partial charge in [-0.2, -0.15) is 5.10 Å². The van der Waals surface area contributed by atoms with Crippen molar-refractivity contribution >= 4 is 35.0 Å². The van der Waals surface area contributed by atoms with E-state index in [0.717, 1.165) is 28.8 Å². The summed E-state index contributed by atoms with van der Waals surface area (Å²) in [6.45, 7) is 5.39. The van der Waals surface area contributed by atoms with Crippen molar-refractivity contribution in [2.24, 2.45) is 0 Å². The van der Waals surface area contributed by atoms with Crippen LogP contribution in [0.4, 0.5) is 20.3 Å². The van der Waals surface area contributed by atoms with Crippen LogP contribution >= 0.6 is 11.6 Å². The van der Waals surface area contributed by atoms with Crippen molar-refractivity contribution in [1.82, 2.24) is 19.7 Å². The first-order valence-corrected chi connectivity index (χ1v) is 13.2. The maximum atomic E-state index is 13.8. The van der Waals surface area contributed by atoms with Crippen molar-refractivity contribution in [2.75, 3.05) is 49.1 Å². The van der Waals surface area contributed by atoms with Crippen molar-refractivity contribution in [2.45, 2.75) is 32.2 Å². The lowest BCUT2D eigenvalue weighted by Crippen LogP contribution is -2.48. The quantitative estimate of drug-likeness (QED) is 0.467. The highest BCUT2D eigenvalue weighted by Crippen LogP contribution is 2.37. The standard InChI is InChI=1S/C27H29ClF2N6O3/c1-17(37)33-9-11-34(12-10-33)24-7-4-18(14-31-24)21-6-5-19(28)13-23(21)35-8-2-3-20(16-35)36-25(26(29)30)22(15-32-36)27(38)39/h4-7,13-15,20,26H,2-3,8-12,16H2,1H3,(H,38,39). The van der Waals surface area contributed by atoms with Gasteiger partial charge >= 0.3 is 5.97 Å². The number of pyridine rings is 1. The van der Waals surface area contributed by atoms with Gasteiger partial charge in [0, 0.05) is 74.2 Å². The highest BCUT2D eigenvalue weighted by molar-refractivity contribution is 6.31. The Morgan fingerprint density at radius 3 is 2.46 bits per heavy atom. The average Bonchev–Trinajstić information content (AvgIpc) is 3.40. The molecule has 1 aromatic carbocycles. The molecule has 206 valence electrons. The molecule has 1 amide bonds. The Kier molecular flexibility index (Phi) is 7.69. The Balaban J connectivity index is 1.39. The second-order valence-corrected chi connectivity index (χ2v) is 10.2. The molecule has 0 saturated carbocycles. The fourth-order valence-corrected chi connectivity index (χ4v) is 5.58. The molecule has 5 rings (SSSR count). The van der Waals surface area contributed by atoms with E-state index in [2.05, 4.69) is 19.9 Å². The summed E-state index contributed by atoms with van der Waals surface area (Å²) in [7, 11) is 0. The van der Waals surface area contributed by atoms with Crippen LogP contribution in [-0.2, 0) is 4.79 Å². The molecular weight excluding hydrogens is 530 g/mol. The number of carbonyl (C=O) groups excluding carboxylic acids is 1. The number of piperazine rings is 1. The first kappa shape index (κ1) is 26.9. The summed E-state index contributed by atoms with van der Waals surface area (Å²) in [4.78, 5) is 33.8. The van der Waals surface area contributed by atoms with Crippen LogP contribution in [0.2, 0.25) is 5.02 Å². The van der Waals surface area contributed by atoms with Gasteiger partial charge in [-0.25, -0.2) is 18.6 Å². The number of hydrogen-bond acceptors (Lipinski definition) is 6. The second kappa shape index (κ2) is 11.2. The molecule has 3 aromatic rings. The van der Waals surface area contributed by atoms with Crippen LogP contribution in [-0.4, -0.2) is 75.9 Å². The third-order valence-electron chi connectivity index (χ3n) is 7.42. The van der Waals surface area contributed by atoms with Gasteiger partial charge in [0.2, 0.25) is 5.91 Å². The van der Waals surface area contributed by atoms with Crippen LogP contribution in [0.25, 0.3) is 11.1 Å². The van der Waals surface area contributed by atoms with E-state index in [9.17, 15) is 23.5 Å². The van der Waals surface area contributed by atoms with Gasteiger partial charge in [0.05, 0.1) is 12.2 Å². The lowest BCUT2D eigenvalue weighted by Gasteiger charge is -2.36. The monoisotopic (exact) mass is 558 g/mol. The Bertz CT molecular complexity index is 1360. The number of carboxylic acid groups (broad SMARTS) is 1. The SMILES string of the molecule is CC(=O)N1CCN(c2ccc(-c3ccc(Cl)cc3N3CCCC(n4ncc(C(=O)O)c4C(F)F)C3)cn2)CC1. The minimum Gasteiger partial charge on any atom is -0.478 e.